The second-order valence-corrected chi connectivity index (χ2v) is 6.25. The molecule has 4 rings (SSSR count). The van der Waals surface area contributed by atoms with Crippen LogP contribution in [0.4, 0.5) is 0 Å². The maximum atomic E-state index is 12.3. The molecule has 27 heavy (non-hydrogen) atoms. The summed E-state index contributed by atoms with van der Waals surface area (Å²) in [6.45, 7) is 2.06. The van der Waals surface area contributed by atoms with Gasteiger partial charge in [0.1, 0.15) is 18.5 Å². The van der Waals surface area contributed by atoms with Gasteiger partial charge in [-0.05, 0) is 43.6 Å². The molecule has 0 aliphatic carbocycles. The highest BCUT2D eigenvalue weighted by Gasteiger charge is 2.21. The first-order valence-corrected chi connectivity index (χ1v) is 8.77. The van der Waals surface area contributed by atoms with Gasteiger partial charge in [0.2, 0.25) is 0 Å². The van der Waals surface area contributed by atoms with Gasteiger partial charge in [-0.3, -0.25) is 0 Å². The van der Waals surface area contributed by atoms with Crippen LogP contribution in [0.3, 0.4) is 0 Å². The van der Waals surface area contributed by atoms with Crippen molar-refractivity contribution >= 4 is 29.5 Å². The summed E-state index contributed by atoms with van der Waals surface area (Å²) in [6.07, 6.45) is 2.03. The maximum Gasteiger partial charge on any atom is 0.395 e. The number of esters is 1. The number of halogens is 1. The van der Waals surface area contributed by atoms with Crippen LogP contribution in [0.2, 0.25) is 0 Å². The summed E-state index contributed by atoms with van der Waals surface area (Å²) in [4.78, 5) is 16.6. The lowest BCUT2D eigenvalue weighted by atomic mass is 10.1. The van der Waals surface area contributed by atoms with Crippen molar-refractivity contribution in [2.45, 2.75) is 25.6 Å². The quantitative estimate of drug-likeness (QED) is 0.671. The summed E-state index contributed by atoms with van der Waals surface area (Å²) in [5.41, 5.74) is 1.98. The van der Waals surface area contributed by atoms with Gasteiger partial charge in [0.05, 0.1) is 0 Å². The number of carbonyl (C=O) groups excluding carboxylic acids is 1. The molecule has 0 spiro atoms. The molecule has 1 N–H and O–H groups in total. The van der Waals surface area contributed by atoms with E-state index in [-0.39, 0.29) is 31.0 Å². The lowest BCUT2D eigenvalue weighted by molar-refractivity contribution is 0.0429. The molecule has 1 aromatic heterocycles. The van der Waals surface area contributed by atoms with E-state index >= 15 is 0 Å². The molecule has 2 aromatic carbocycles. The fraction of sp³-hybridized carbons (Fsp3) is 0.300. The highest BCUT2D eigenvalue weighted by Crippen LogP contribution is 2.28. The Labute approximate surface area is 163 Å². The van der Waals surface area contributed by atoms with Crippen LogP contribution in [0.5, 0.6) is 5.75 Å². The molecular formula is C20H21ClN2O4. The number of piperidine rings is 1. The predicted molar refractivity (Wildman–Crippen MR) is 103 cm³/mol. The third kappa shape index (κ3) is 4.59. The van der Waals surface area contributed by atoms with Crippen molar-refractivity contribution in [3.05, 3.63) is 60.0 Å². The Kier molecular flexibility index (Phi) is 6.32. The molecule has 6 nitrogen and oxygen atoms in total. The number of fused-ring (bicyclic) bond motifs is 1. The van der Waals surface area contributed by atoms with Crippen molar-refractivity contribution in [3.8, 4) is 5.75 Å². The van der Waals surface area contributed by atoms with Crippen LogP contribution in [-0.2, 0) is 11.3 Å². The van der Waals surface area contributed by atoms with Crippen LogP contribution in [0, 0.1) is 0 Å². The molecule has 0 radical (unpaired) electrons. The summed E-state index contributed by atoms with van der Waals surface area (Å²) in [5, 5.41) is 3.31. The van der Waals surface area contributed by atoms with Crippen molar-refractivity contribution in [2.75, 3.05) is 13.1 Å². The van der Waals surface area contributed by atoms with E-state index in [1.165, 1.54) is 0 Å². The lowest BCUT2D eigenvalue weighted by Crippen LogP contribution is -2.34. The number of nitrogens with one attached hydrogen (secondary N) is 1. The zero-order valence-electron chi connectivity index (χ0n) is 14.7. The van der Waals surface area contributed by atoms with Gasteiger partial charge < -0.3 is 19.2 Å². The van der Waals surface area contributed by atoms with E-state index < -0.39 is 5.97 Å². The predicted octanol–water partition coefficient (Wildman–Crippen LogP) is 3.74. The molecule has 1 aliphatic rings. The van der Waals surface area contributed by atoms with E-state index in [9.17, 15) is 4.79 Å². The minimum Gasteiger partial charge on any atom is -0.488 e. The number of hydrogen-bond donors (Lipinski definition) is 1. The molecule has 0 saturated carbocycles. The fourth-order valence-corrected chi connectivity index (χ4v) is 2.98. The molecule has 1 aliphatic heterocycles. The number of oxazole rings is 1. The first-order valence-electron chi connectivity index (χ1n) is 8.77. The van der Waals surface area contributed by atoms with Crippen LogP contribution in [-0.4, -0.2) is 30.1 Å². The second kappa shape index (κ2) is 8.88. The first kappa shape index (κ1) is 19.2. The number of carbonyl (C=O) groups is 1. The van der Waals surface area contributed by atoms with E-state index in [1.54, 1.807) is 6.07 Å². The minimum atomic E-state index is -0.585. The summed E-state index contributed by atoms with van der Waals surface area (Å²) in [6, 6.07) is 14.9. The Hall–Kier alpha value is -2.57. The van der Waals surface area contributed by atoms with Gasteiger partial charge in [-0.2, -0.15) is 4.98 Å². The Balaban J connectivity index is 0.00000210. The zero-order valence-corrected chi connectivity index (χ0v) is 15.5. The van der Waals surface area contributed by atoms with Gasteiger partial charge in [0.15, 0.2) is 11.1 Å². The molecule has 7 heteroatoms. The highest BCUT2D eigenvalue weighted by molar-refractivity contribution is 5.89. The molecule has 142 valence electrons. The van der Waals surface area contributed by atoms with Crippen molar-refractivity contribution in [3.63, 3.8) is 0 Å². The molecule has 1 fully saturated rings. The summed E-state index contributed by atoms with van der Waals surface area (Å²) < 4.78 is 16.9. The number of ether oxygens (including phenoxy) is 2. The lowest BCUT2D eigenvalue weighted by Gasteiger charge is -2.23. The standard InChI is InChI=1S/C20H20N2O4.ClH/c23-20(24-13-14-5-2-1-3-6-14)19-22-18-16(7-4-8-17(18)26-19)25-15-9-11-21-12-10-15;/h1-8,15,21H,9-13H2;1H. The van der Waals surface area contributed by atoms with Gasteiger partial charge in [-0.25, -0.2) is 4.79 Å². The third-order valence-electron chi connectivity index (χ3n) is 4.35. The minimum absolute atomic E-state index is 0. The number of para-hydroxylation sites is 1. The van der Waals surface area contributed by atoms with Crippen molar-refractivity contribution in [1.29, 1.82) is 0 Å². The molecule has 3 aromatic rings. The third-order valence-corrected chi connectivity index (χ3v) is 4.35. The van der Waals surface area contributed by atoms with E-state index in [1.807, 2.05) is 42.5 Å². The summed E-state index contributed by atoms with van der Waals surface area (Å²) >= 11 is 0. The number of nitrogens with zero attached hydrogens (tertiary/aromatic N) is 1. The van der Waals surface area contributed by atoms with Gasteiger partial charge in [0.25, 0.3) is 0 Å². The number of benzene rings is 2. The number of rotatable bonds is 5. The Morgan fingerprint density at radius 2 is 1.89 bits per heavy atom. The SMILES string of the molecule is Cl.O=C(OCc1ccccc1)c1nc2c(OC3CCNCC3)cccc2o1. The molecule has 0 bridgehead atoms. The van der Waals surface area contributed by atoms with Crippen LogP contribution in [0.1, 0.15) is 29.1 Å². The van der Waals surface area contributed by atoms with Gasteiger partial charge in [-0.1, -0.05) is 36.4 Å². The normalized spacial score (nSPS) is 14.5. The molecule has 1 saturated heterocycles. The van der Waals surface area contributed by atoms with E-state index in [4.69, 9.17) is 13.9 Å². The molecule has 0 unspecified atom stereocenters. The summed E-state index contributed by atoms with van der Waals surface area (Å²) in [7, 11) is 0. The van der Waals surface area contributed by atoms with Crippen LogP contribution >= 0.6 is 12.4 Å². The van der Waals surface area contributed by atoms with Gasteiger partial charge >= 0.3 is 11.9 Å². The van der Waals surface area contributed by atoms with E-state index in [0.717, 1.165) is 31.5 Å². The van der Waals surface area contributed by atoms with Gasteiger partial charge in [0, 0.05) is 0 Å². The number of hydrogen-bond acceptors (Lipinski definition) is 6. The molecule has 2 heterocycles. The van der Waals surface area contributed by atoms with Crippen molar-refractivity contribution in [2.24, 2.45) is 0 Å². The van der Waals surface area contributed by atoms with E-state index in [0.29, 0.717) is 16.8 Å². The maximum absolute atomic E-state index is 12.3. The highest BCUT2D eigenvalue weighted by atomic mass is 35.5. The first-order chi connectivity index (χ1) is 12.8. The second-order valence-electron chi connectivity index (χ2n) is 6.25. The fourth-order valence-electron chi connectivity index (χ4n) is 2.98. The van der Waals surface area contributed by atoms with E-state index in [2.05, 4.69) is 10.3 Å². The summed E-state index contributed by atoms with van der Waals surface area (Å²) in [5.74, 6) is -0.00424. The topological polar surface area (TPSA) is 73.6 Å². The average molecular weight is 389 g/mol. The smallest absolute Gasteiger partial charge is 0.395 e. The Morgan fingerprint density at radius 3 is 2.67 bits per heavy atom. The monoisotopic (exact) mass is 388 g/mol. The molecular weight excluding hydrogens is 368 g/mol. The average Bonchev–Trinajstić information content (AvgIpc) is 3.13. The van der Waals surface area contributed by atoms with Crippen LogP contribution in [0.25, 0.3) is 11.1 Å². The molecule has 0 atom stereocenters. The van der Waals surface area contributed by atoms with Crippen LogP contribution < -0.4 is 10.1 Å². The Bertz CT molecular complexity index is 891. The van der Waals surface area contributed by atoms with Crippen LogP contribution in [0.15, 0.2) is 52.9 Å². The zero-order chi connectivity index (χ0) is 17.8. The van der Waals surface area contributed by atoms with Gasteiger partial charge in [-0.15, -0.1) is 12.4 Å². The van der Waals surface area contributed by atoms with Crippen molar-refractivity contribution < 1.29 is 18.7 Å². The largest absolute Gasteiger partial charge is 0.488 e. The number of aromatic nitrogens is 1. The molecule has 0 amide bonds. The Morgan fingerprint density at radius 1 is 1.11 bits per heavy atom. The van der Waals surface area contributed by atoms with Crippen molar-refractivity contribution in [1.82, 2.24) is 10.3 Å².